The summed E-state index contributed by atoms with van der Waals surface area (Å²) >= 11 is 0. The van der Waals surface area contributed by atoms with Crippen LogP contribution in [0.2, 0.25) is 0 Å². The minimum Gasteiger partial charge on any atom is -0.390 e. The Morgan fingerprint density at radius 1 is 1.17 bits per heavy atom. The van der Waals surface area contributed by atoms with E-state index in [0.29, 0.717) is 5.56 Å². The zero-order chi connectivity index (χ0) is 9.03. The molecule has 1 N–H and O–H groups in total. The fraction of sp³-hybridized carbons (Fsp3) is 0.333. The quantitative estimate of drug-likeness (QED) is 0.737. The molecule has 0 spiro atoms. The van der Waals surface area contributed by atoms with Gasteiger partial charge in [0, 0.05) is 6.42 Å². The summed E-state index contributed by atoms with van der Waals surface area (Å²) in [5.41, 5.74) is 0.538. The third-order valence-corrected chi connectivity index (χ3v) is 1.54. The van der Waals surface area contributed by atoms with Crippen molar-refractivity contribution in [3.8, 4) is 0 Å². The predicted molar refractivity (Wildman–Crippen MR) is 42.2 cm³/mol. The highest BCUT2D eigenvalue weighted by atomic mass is 19.3. The highest BCUT2D eigenvalue weighted by Crippen LogP contribution is 2.18. The van der Waals surface area contributed by atoms with Crippen LogP contribution in [-0.4, -0.2) is 17.6 Å². The van der Waals surface area contributed by atoms with Crippen molar-refractivity contribution in [2.24, 2.45) is 0 Å². The maximum absolute atomic E-state index is 12.6. The number of hydrogen-bond acceptors (Lipinski definition) is 1. The van der Waals surface area contributed by atoms with Gasteiger partial charge in [-0.15, -0.1) is 0 Å². The molecule has 1 nitrogen and oxygen atoms in total. The zero-order valence-corrected chi connectivity index (χ0v) is 6.50. The molecule has 1 rings (SSSR count). The average Bonchev–Trinajstić information content (AvgIpc) is 2.06. The summed E-state index contributed by atoms with van der Waals surface area (Å²) in [7, 11) is 0. The Hall–Kier alpha value is -0.960. The van der Waals surface area contributed by atoms with Crippen molar-refractivity contribution in [1.82, 2.24) is 0 Å². The minimum absolute atomic E-state index is 0.398. The smallest absolute Gasteiger partial charge is 0.274 e. The Kier molecular flexibility index (Phi) is 2.76. The SMILES string of the molecule is OCC(F)(F)Cc1ccccc1. The van der Waals surface area contributed by atoms with Crippen LogP contribution in [-0.2, 0) is 6.42 Å². The Morgan fingerprint density at radius 2 is 1.75 bits per heavy atom. The van der Waals surface area contributed by atoms with Gasteiger partial charge in [0.25, 0.3) is 5.92 Å². The van der Waals surface area contributed by atoms with Gasteiger partial charge in [-0.1, -0.05) is 30.3 Å². The molecule has 0 heterocycles. The summed E-state index contributed by atoms with van der Waals surface area (Å²) in [6.07, 6.45) is -0.398. The third-order valence-electron chi connectivity index (χ3n) is 1.54. The zero-order valence-electron chi connectivity index (χ0n) is 6.50. The molecular weight excluding hydrogens is 162 g/mol. The minimum atomic E-state index is -3.00. The van der Waals surface area contributed by atoms with Gasteiger partial charge in [-0.25, -0.2) is 8.78 Å². The van der Waals surface area contributed by atoms with Crippen molar-refractivity contribution in [3.05, 3.63) is 35.9 Å². The first-order chi connectivity index (χ1) is 5.64. The number of aliphatic hydroxyl groups excluding tert-OH is 1. The summed E-state index contributed by atoms with van der Waals surface area (Å²) in [5, 5.41) is 8.31. The summed E-state index contributed by atoms with van der Waals surface area (Å²) in [5.74, 6) is -3.00. The van der Waals surface area contributed by atoms with Gasteiger partial charge >= 0.3 is 0 Å². The van der Waals surface area contributed by atoms with Crippen molar-refractivity contribution < 1.29 is 13.9 Å². The van der Waals surface area contributed by atoms with Gasteiger partial charge in [-0.2, -0.15) is 0 Å². The maximum Gasteiger partial charge on any atom is 0.274 e. The van der Waals surface area contributed by atoms with Crippen LogP contribution in [0.1, 0.15) is 5.56 Å². The van der Waals surface area contributed by atoms with E-state index >= 15 is 0 Å². The van der Waals surface area contributed by atoms with E-state index in [4.69, 9.17) is 5.11 Å². The predicted octanol–water partition coefficient (Wildman–Crippen LogP) is 1.86. The molecule has 0 radical (unpaired) electrons. The molecule has 0 aromatic heterocycles. The summed E-state index contributed by atoms with van der Waals surface area (Å²) < 4.78 is 25.2. The molecule has 0 unspecified atom stereocenters. The molecule has 12 heavy (non-hydrogen) atoms. The number of benzene rings is 1. The molecule has 3 heteroatoms. The van der Waals surface area contributed by atoms with Crippen LogP contribution in [0.15, 0.2) is 30.3 Å². The molecule has 1 aromatic rings. The number of aliphatic hydroxyl groups is 1. The largest absolute Gasteiger partial charge is 0.390 e. The van der Waals surface area contributed by atoms with Gasteiger partial charge in [0.15, 0.2) is 0 Å². The molecule has 0 saturated heterocycles. The lowest BCUT2D eigenvalue weighted by Gasteiger charge is -2.12. The Morgan fingerprint density at radius 3 is 2.25 bits per heavy atom. The van der Waals surface area contributed by atoms with Gasteiger partial charge in [-0.05, 0) is 5.56 Å². The van der Waals surface area contributed by atoms with Crippen LogP contribution in [0, 0.1) is 0 Å². The second kappa shape index (κ2) is 3.63. The summed E-state index contributed by atoms with van der Waals surface area (Å²) in [4.78, 5) is 0. The fourth-order valence-electron chi connectivity index (χ4n) is 0.950. The first-order valence-electron chi connectivity index (χ1n) is 3.67. The summed E-state index contributed by atoms with van der Waals surface area (Å²) in [6.45, 7) is -1.10. The van der Waals surface area contributed by atoms with Gasteiger partial charge < -0.3 is 5.11 Å². The lowest BCUT2D eigenvalue weighted by molar-refractivity contribution is -0.0488. The lowest BCUT2D eigenvalue weighted by Crippen LogP contribution is -2.24. The Labute approximate surface area is 69.7 Å². The van der Waals surface area contributed by atoms with Crippen LogP contribution in [0.4, 0.5) is 8.78 Å². The molecule has 0 amide bonds. The van der Waals surface area contributed by atoms with Crippen molar-refractivity contribution >= 4 is 0 Å². The molecular formula is C9H10F2O. The number of rotatable bonds is 3. The Bertz CT molecular complexity index is 234. The number of hydrogen-bond donors (Lipinski definition) is 1. The van der Waals surface area contributed by atoms with Crippen LogP contribution in [0.25, 0.3) is 0 Å². The third kappa shape index (κ3) is 2.58. The second-order valence-corrected chi connectivity index (χ2v) is 2.68. The standard InChI is InChI=1S/C9H10F2O/c10-9(11,7-12)6-8-4-2-1-3-5-8/h1-5,12H,6-7H2. The summed E-state index contributed by atoms with van der Waals surface area (Å²) in [6, 6.07) is 8.39. The first kappa shape index (κ1) is 9.13. The van der Waals surface area contributed by atoms with Crippen LogP contribution in [0.3, 0.4) is 0 Å². The monoisotopic (exact) mass is 172 g/mol. The Balaban J connectivity index is 2.64. The van der Waals surface area contributed by atoms with Crippen molar-refractivity contribution in [2.75, 3.05) is 6.61 Å². The van der Waals surface area contributed by atoms with E-state index in [2.05, 4.69) is 0 Å². The van der Waals surface area contributed by atoms with E-state index in [-0.39, 0.29) is 0 Å². The number of alkyl halides is 2. The van der Waals surface area contributed by atoms with Crippen LogP contribution < -0.4 is 0 Å². The van der Waals surface area contributed by atoms with Gasteiger partial charge in [0.2, 0.25) is 0 Å². The van der Waals surface area contributed by atoms with Crippen molar-refractivity contribution in [2.45, 2.75) is 12.3 Å². The first-order valence-corrected chi connectivity index (χ1v) is 3.67. The van der Waals surface area contributed by atoms with Crippen molar-refractivity contribution in [3.63, 3.8) is 0 Å². The molecule has 0 saturated carbocycles. The normalized spacial score (nSPS) is 11.6. The van der Waals surface area contributed by atoms with Crippen LogP contribution in [0.5, 0.6) is 0 Å². The molecule has 0 bridgehead atoms. The van der Waals surface area contributed by atoms with Gasteiger partial charge in [0.05, 0.1) is 0 Å². The van der Waals surface area contributed by atoms with E-state index in [1.807, 2.05) is 0 Å². The lowest BCUT2D eigenvalue weighted by atomic mass is 10.1. The van der Waals surface area contributed by atoms with Gasteiger partial charge in [-0.3, -0.25) is 0 Å². The fourth-order valence-corrected chi connectivity index (χ4v) is 0.950. The molecule has 66 valence electrons. The topological polar surface area (TPSA) is 20.2 Å². The molecule has 0 aliphatic rings. The molecule has 0 fully saturated rings. The van der Waals surface area contributed by atoms with Gasteiger partial charge in [0.1, 0.15) is 6.61 Å². The number of halogens is 2. The highest BCUT2D eigenvalue weighted by Gasteiger charge is 2.27. The van der Waals surface area contributed by atoms with E-state index in [1.165, 1.54) is 0 Å². The average molecular weight is 172 g/mol. The van der Waals surface area contributed by atoms with E-state index < -0.39 is 19.0 Å². The second-order valence-electron chi connectivity index (χ2n) is 2.68. The van der Waals surface area contributed by atoms with Crippen LogP contribution >= 0.6 is 0 Å². The van der Waals surface area contributed by atoms with E-state index in [9.17, 15) is 8.78 Å². The van der Waals surface area contributed by atoms with Crippen molar-refractivity contribution in [1.29, 1.82) is 0 Å². The highest BCUT2D eigenvalue weighted by molar-refractivity contribution is 5.16. The molecule has 1 aromatic carbocycles. The molecule has 0 aliphatic heterocycles. The van der Waals surface area contributed by atoms with E-state index in [1.54, 1.807) is 30.3 Å². The maximum atomic E-state index is 12.6. The van der Waals surface area contributed by atoms with E-state index in [0.717, 1.165) is 0 Å². The molecule has 0 atom stereocenters. The molecule has 0 aliphatic carbocycles.